The van der Waals surface area contributed by atoms with Crippen LogP contribution < -0.4 is 4.74 Å². The molecule has 3 aromatic heterocycles. The maximum atomic E-state index is 5.81. The molecule has 2 aromatic carbocycles. The molecule has 0 bridgehead atoms. The van der Waals surface area contributed by atoms with Gasteiger partial charge in [0.25, 0.3) is 5.88 Å². The number of fused-ring (bicyclic) bond motifs is 2. The molecule has 3 heterocycles. The summed E-state index contributed by atoms with van der Waals surface area (Å²) in [5.41, 5.74) is 2.46. The molecule has 0 unspecified atom stereocenters. The van der Waals surface area contributed by atoms with Crippen LogP contribution in [0.2, 0.25) is 0 Å². The van der Waals surface area contributed by atoms with Crippen LogP contribution in [-0.4, -0.2) is 34.8 Å². The lowest BCUT2D eigenvalue weighted by molar-refractivity contribution is 0.464. The Kier molecular flexibility index (Phi) is 2.93. The largest absolute Gasteiger partial charge is 0.436 e. The molecule has 0 radical (unpaired) electrons. The normalized spacial score (nSPS) is 11.2. The van der Waals surface area contributed by atoms with E-state index < -0.39 is 0 Å². The molecule has 0 amide bonds. The molecular weight excluding hydrogens is 318 g/mol. The molecule has 0 saturated carbocycles. The van der Waals surface area contributed by atoms with Crippen LogP contribution in [0.15, 0.2) is 67.1 Å². The van der Waals surface area contributed by atoms with Gasteiger partial charge in [-0.15, -0.1) is 5.10 Å². The number of ether oxygens (including phenoxy) is 1. The standard InChI is InChI=1S/C17H11N7O/c1-2-4-15-12(3-1)11-19-24(15)13-5-7-14(8-6-13)25-17-16-20-21-22-23(16)10-9-18-17/h1-11H. The lowest BCUT2D eigenvalue weighted by Gasteiger charge is -2.07. The van der Waals surface area contributed by atoms with E-state index in [9.17, 15) is 0 Å². The predicted octanol–water partition coefficient (Wildman–Crippen LogP) is 2.65. The van der Waals surface area contributed by atoms with Crippen LogP contribution in [0.25, 0.3) is 22.2 Å². The summed E-state index contributed by atoms with van der Waals surface area (Å²) >= 11 is 0. The number of hydrogen-bond acceptors (Lipinski definition) is 6. The summed E-state index contributed by atoms with van der Waals surface area (Å²) in [6.07, 6.45) is 5.10. The minimum Gasteiger partial charge on any atom is -0.436 e. The van der Waals surface area contributed by atoms with Crippen LogP contribution in [0.3, 0.4) is 0 Å². The van der Waals surface area contributed by atoms with Crippen molar-refractivity contribution in [2.75, 3.05) is 0 Å². The van der Waals surface area contributed by atoms with Crippen molar-refractivity contribution in [2.24, 2.45) is 0 Å². The number of hydrogen-bond donors (Lipinski definition) is 0. The zero-order valence-corrected chi connectivity index (χ0v) is 12.9. The SMILES string of the molecule is c1ccc2c(c1)cnn2-c1ccc(Oc2nccn3nnnc23)cc1. The molecule has 5 aromatic rings. The monoisotopic (exact) mass is 329 g/mol. The Balaban J connectivity index is 1.48. The first-order valence-corrected chi connectivity index (χ1v) is 7.62. The van der Waals surface area contributed by atoms with E-state index in [0.717, 1.165) is 16.6 Å². The molecule has 0 aliphatic rings. The summed E-state index contributed by atoms with van der Waals surface area (Å²) < 4.78 is 9.20. The Morgan fingerprint density at radius 2 is 1.84 bits per heavy atom. The van der Waals surface area contributed by atoms with E-state index in [1.807, 2.05) is 59.4 Å². The quantitative estimate of drug-likeness (QED) is 0.506. The number of aromatic nitrogens is 7. The predicted molar refractivity (Wildman–Crippen MR) is 89.7 cm³/mol. The fraction of sp³-hybridized carbons (Fsp3) is 0. The van der Waals surface area contributed by atoms with Gasteiger partial charge >= 0.3 is 0 Å². The molecular formula is C17H11N7O. The number of tetrazole rings is 1. The lowest BCUT2D eigenvalue weighted by atomic mass is 10.2. The van der Waals surface area contributed by atoms with E-state index in [-0.39, 0.29) is 0 Å². The molecule has 8 heteroatoms. The maximum absolute atomic E-state index is 5.81. The Labute approximate surface area is 141 Å². The van der Waals surface area contributed by atoms with Crippen LogP contribution in [0, 0.1) is 0 Å². The second-order valence-corrected chi connectivity index (χ2v) is 5.39. The molecule has 0 aliphatic carbocycles. The third kappa shape index (κ3) is 2.27. The zero-order valence-electron chi connectivity index (χ0n) is 12.9. The molecule has 25 heavy (non-hydrogen) atoms. The van der Waals surface area contributed by atoms with E-state index in [0.29, 0.717) is 17.3 Å². The fourth-order valence-corrected chi connectivity index (χ4v) is 2.67. The summed E-state index contributed by atoms with van der Waals surface area (Å²) in [5, 5.41) is 16.9. The van der Waals surface area contributed by atoms with Crippen molar-refractivity contribution in [1.29, 1.82) is 0 Å². The highest BCUT2D eigenvalue weighted by atomic mass is 16.5. The van der Waals surface area contributed by atoms with E-state index in [2.05, 4.69) is 25.6 Å². The Morgan fingerprint density at radius 1 is 0.960 bits per heavy atom. The summed E-state index contributed by atoms with van der Waals surface area (Å²) in [6, 6.07) is 15.7. The Morgan fingerprint density at radius 3 is 2.76 bits per heavy atom. The van der Waals surface area contributed by atoms with Crippen molar-refractivity contribution >= 4 is 16.6 Å². The first-order valence-electron chi connectivity index (χ1n) is 7.62. The van der Waals surface area contributed by atoms with Crippen molar-refractivity contribution in [3.05, 3.63) is 67.1 Å². The minimum atomic E-state index is 0.352. The summed E-state index contributed by atoms with van der Waals surface area (Å²) in [4.78, 5) is 4.18. The highest BCUT2D eigenvalue weighted by molar-refractivity contribution is 5.80. The van der Waals surface area contributed by atoms with Crippen LogP contribution in [0.5, 0.6) is 11.6 Å². The molecule has 0 fully saturated rings. The lowest BCUT2D eigenvalue weighted by Crippen LogP contribution is -1.97. The Bertz CT molecular complexity index is 1180. The third-order valence-corrected chi connectivity index (χ3v) is 3.86. The van der Waals surface area contributed by atoms with E-state index in [4.69, 9.17) is 4.74 Å². The maximum Gasteiger partial charge on any atom is 0.267 e. The van der Waals surface area contributed by atoms with E-state index in [1.165, 1.54) is 4.52 Å². The van der Waals surface area contributed by atoms with E-state index >= 15 is 0 Å². The second-order valence-electron chi connectivity index (χ2n) is 5.39. The number of nitrogens with zero attached hydrogens (tertiary/aromatic N) is 7. The van der Waals surface area contributed by atoms with Gasteiger partial charge < -0.3 is 4.74 Å². The molecule has 0 spiro atoms. The average Bonchev–Trinajstić information content (AvgIpc) is 3.30. The van der Waals surface area contributed by atoms with Gasteiger partial charge in [0.05, 0.1) is 23.6 Å². The second kappa shape index (κ2) is 5.38. The first-order chi connectivity index (χ1) is 12.4. The van der Waals surface area contributed by atoms with Crippen molar-refractivity contribution in [3.63, 3.8) is 0 Å². The van der Waals surface area contributed by atoms with Crippen LogP contribution in [0.4, 0.5) is 0 Å². The van der Waals surface area contributed by atoms with Gasteiger partial charge in [-0.2, -0.15) is 9.61 Å². The topological polar surface area (TPSA) is 83.0 Å². The van der Waals surface area contributed by atoms with Gasteiger partial charge in [0.2, 0.25) is 5.65 Å². The smallest absolute Gasteiger partial charge is 0.267 e. The number of para-hydroxylation sites is 1. The summed E-state index contributed by atoms with van der Waals surface area (Å²) in [5.74, 6) is 0.994. The highest BCUT2D eigenvalue weighted by Crippen LogP contribution is 2.24. The Hall–Kier alpha value is -3.81. The van der Waals surface area contributed by atoms with E-state index in [1.54, 1.807) is 12.4 Å². The summed E-state index contributed by atoms with van der Waals surface area (Å²) in [7, 11) is 0. The van der Waals surface area contributed by atoms with Gasteiger partial charge in [0, 0.05) is 11.6 Å². The van der Waals surface area contributed by atoms with Crippen LogP contribution >= 0.6 is 0 Å². The van der Waals surface area contributed by atoms with Gasteiger partial charge in [-0.05, 0) is 40.8 Å². The zero-order chi connectivity index (χ0) is 16.6. The molecule has 5 rings (SSSR count). The van der Waals surface area contributed by atoms with Gasteiger partial charge in [0.15, 0.2) is 0 Å². The molecule has 120 valence electrons. The van der Waals surface area contributed by atoms with Crippen molar-refractivity contribution in [1.82, 2.24) is 34.8 Å². The number of benzene rings is 2. The van der Waals surface area contributed by atoms with Crippen molar-refractivity contribution in [2.45, 2.75) is 0 Å². The molecule has 0 N–H and O–H groups in total. The van der Waals surface area contributed by atoms with Gasteiger partial charge in [-0.25, -0.2) is 9.67 Å². The van der Waals surface area contributed by atoms with Gasteiger partial charge in [0.1, 0.15) is 5.75 Å². The van der Waals surface area contributed by atoms with Crippen molar-refractivity contribution in [3.8, 4) is 17.3 Å². The number of rotatable bonds is 3. The average molecular weight is 329 g/mol. The van der Waals surface area contributed by atoms with Gasteiger partial charge in [-0.3, -0.25) is 0 Å². The fourth-order valence-electron chi connectivity index (χ4n) is 2.67. The first kappa shape index (κ1) is 13.6. The summed E-state index contributed by atoms with van der Waals surface area (Å²) in [6.45, 7) is 0. The third-order valence-electron chi connectivity index (χ3n) is 3.86. The van der Waals surface area contributed by atoms with Crippen LogP contribution in [-0.2, 0) is 0 Å². The molecule has 8 nitrogen and oxygen atoms in total. The van der Waals surface area contributed by atoms with Crippen molar-refractivity contribution < 1.29 is 4.74 Å². The molecule has 0 atom stereocenters. The molecule has 0 aliphatic heterocycles. The molecule has 0 saturated heterocycles. The minimum absolute atomic E-state index is 0.352. The van der Waals surface area contributed by atoms with Crippen LogP contribution in [0.1, 0.15) is 0 Å². The van der Waals surface area contributed by atoms with Gasteiger partial charge in [-0.1, -0.05) is 18.2 Å². The highest BCUT2D eigenvalue weighted by Gasteiger charge is 2.09.